The Balaban J connectivity index is 2.33. The summed E-state index contributed by atoms with van der Waals surface area (Å²) in [6, 6.07) is 7.85. The van der Waals surface area contributed by atoms with Gasteiger partial charge in [-0.05, 0) is 47.3 Å². The van der Waals surface area contributed by atoms with Gasteiger partial charge in [0.15, 0.2) is 0 Å². The summed E-state index contributed by atoms with van der Waals surface area (Å²) in [5.74, 6) is 0.447. The summed E-state index contributed by atoms with van der Waals surface area (Å²) in [6.07, 6.45) is 2.03. The number of hydrogen-bond acceptors (Lipinski definition) is 4. The zero-order valence-electron chi connectivity index (χ0n) is 7.40. The quantitative estimate of drug-likeness (QED) is 0.738. The van der Waals surface area contributed by atoms with Crippen LogP contribution in [0.2, 0.25) is 5.28 Å². The first-order valence-corrected chi connectivity index (χ1v) is 5.53. The minimum Gasteiger partial charge on any atom is -0.333 e. The Hall–Kier alpha value is -1.00. The first-order chi connectivity index (χ1) is 6.79. The largest absolute Gasteiger partial charge is 0.333 e. The van der Waals surface area contributed by atoms with Crippen LogP contribution in [0.5, 0.6) is 0 Å². The molecule has 2 aromatic rings. The summed E-state index contributed by atoms with van der Waals surface area (Å²) in [4.78, 5) is 5.11. The van der Waals surface area contributed by atoms with Crippen LogP contribution in [0.4, 0.5) is 0 Å². The van der Waals surface area contributed by atoms with Gasteiger partial charge in [-0.3, -0.25) is 0 Å². The van der Waals surface area contributed by atoms with Gasteiger partial charge < -0.3 is 4.52 Å². The van der Waals surface area contributed by atoms with Crippen molar-refractivity contribution in [3.63, 3.8) is 0 Å². The average Bonchev–Trinajstić information content (AvgIpc) is 2.65. The van der Waals surface area contributed by atoms with Crippen molar-refractivity contribution in [1.82, 2.24) is 10.1 Å². The second-order valence-corrected chi connectivity index (χ2v) is 3.81. The molecule has 5 heteroatoms. The van der Waals surface area contributed by atoms with E-state index in [-0.39, 0.29) is 5.28 Å². The second-order valence-electron chi connectivity index (χ2n) is 2.60. The first kappa shape index (κ1) is 9.55. The third-order valence-electron chi connectivity index (χ3n) is 1.74. The summed E-state index contributed by atoms with van der Waals surface area (Å²) in [7, 11) is 0. The highest BCUT2D eigenvalue weighted by molar-refractivity contribution is 7.98. The van der Waals surface area contributed by atoms with Crippen molar-refractivity contribution in [1.29, 1.82) is 0 Å². The Morgan fingerprint density at radius 3 is 2.50 bits per heavy atom. The maximum absolute atomic E-state index is 5.55. The zero-order valence-corrected chi connectivity index (χ0v) is 8.97. The van der Waals surface area contributed by atoms with Gasteiger partial charge in [0.2, 0.25) is 0 Å². The van der Waals surface area contributed by atoms with Gasteiger partial charge in [-0.15, -0.1) is 11.8 Å². The molecule has 0 aliphatic heterocycles. The summed E-state index contributed by atoms with van der Waals surface area (Å²) in [5, 5.41) is 3.64. The smallest absolute Gasteiger partial charge is 0.264 e. The minimum atomic E-state index is 0.133. The van der Waals surface area contributed by atoms with Crippen molar-refractivity contribution >= 4 is 23.4 Å². The van der Waals surface area contributed by atoms with Crippen molar-refractivity contribution in [3.05, 3.63) is 29.5 Å². The number of thioether (sulfide) groups is 1. The maximum Gasteiger partial charge on any atom is 0.264 e. The van der Waals surface area contributed by atoms with E-state index in [1.54, 1.807) is 11.8 Å². The molecule has 2 rings (SSSR count). The van der Waals surface area contributed by atoms with Crippen LogP contribution >= 0.6 is 23.4 Å². The van der Waals surface area contributed by atoms with Crippen LogP contribution in [-0.4, -0.2) is 16.4 Å². The van der Waals surface area contributed by atoms with Crippen molar-refractivity contribution in [2.75, 3.05) is 6.26 Å². The maximum atomic E-state index is 5.55. The lowest BCUT2D eigenvalue weighted by molar-refractivity contribution is 0.430. The highest BCUT2D eigenvalue weighted by atomic mass is 35.5. The van der Waals surface area contributed by atoms with Gasteiger partial charge in [0, 0.05) is 10.5 Å². The van der Waals surface area contributed by atoms with Crippen LogP contribution in [0, 0.1) is 0 Å². The predicted octanol–water partition coefficient (Wildman–Crippen LogP) is 3.11. The average molecular weight is 227 g/mol. The molecule has 0 fully saturated rings. The molecule has 14 heavy (non-hydrogen) atoms. The lowest BCUT2D eigenvalue weighted by Gasteiger charge is -1.96. The lowest BCUT2D eigenvalue weighted by atomic mass is 10.2. The van der Waals surface area contributed by atoms with E-state index in [9.17, 15) is 0 Å². The molecule has 1 aromatic heterocycles. The molecule has 0 N–H and O–H groups in total. The minimum absolute atomic E-state index is 0.133. The molecule has 1 aromatic carbocycles. The van der Waals surface area contributed by atoms with E-state index in [4.69, 9.17) is 16.1 Å². The van der Waals surface area contributed by atoms with E-state index in [2.05, 4.69) is 10.1 Å². The fourth-order valence-electron chi connectivity index (χ4n) is 1.06. The Morgan fingerprint density at radius 2 is 2.00 bits per heavy atom. The lowest BCUT2D eigenvalue weighted by Crippen LogP contribution is -1.77. The summed E-state index contributed by atoms with van der Waals surface area (Å²) < 4.78 is 4.92. The van der Waals surface area contributed by atoms with Gasteiger partial charge in [-0.25, -0.2) is 0 Å². The molecule has 0 bridgehead atoms. The van der Waals surface area contributed by atoms with E-state index < -0.39 is 0 Å². The van der Waals surface area contributed by atoms with Gasteiger partial charge in [0.05, 0.1) is 0 Å². The Kier molecular flexibility index (Phi) is 2.74. The highest BCUT2D eigenvalue weighted by Gasteiger charge is 2.06. The number of rotatable bonds is 2. The van der Waals surface area contributed by atoms with Crippen molar-refractivity contribution < 1.29 is 4.52 Å². The van der Waals surface area contributed by atoms with Crippen LogP contribution in [0.1, 0.15) is 0 Å². The molecular formula is C9H7ClN2OS. The van der Waals surface area contributed by atoms with Gasteiger partial charge >= 0.3 is 0 Å². The highest BCUT2D eigenvalue weighted by Crippen LogP contribution is 2.22. The van der Waals surface area contributed by atoms with E-state index in [0.717, 1.165) is 5.56 Å². The first-order valence-electron chi connectivity index (χ1n) is 3.93. The fourth-order valence-corrected chi connectivity index (χ4v) is 1.58. The molecule has 72 valence electrons. The Labute approximate surface area is 90.5 Å². The van der Waals surface area contributed by atoms with Crippen LogP contribution < -0.4 is 0 Å². The number of benzene rings is 1. The second kappa shape index (κ2) is 4.02. The van der Waals surface area contributed by atoms with Crippen molar-refractivity contribution in [2.24, 2.45) is 0 Å². The van der Waals surface area contributed by atoms with E-state index in [0.29, 0.717) is 5.89 Å². The molecule has 0 amide bonds. The van der Waals surface area contributed by atoms with E-state index in [1.807, 2.05) is 30.5 Å². The van der Waals surface area contributed by atoms with Gasteiger partial charge in [-0.1, -0.05) is 0 Å². The molecule has 3 nitrogen and oxygen atoms in total. The number of hydrogen-bond donors (Lipinski definition) is 0. The molecule has 0 atom stereocenters. The molecule has 0 unspecified atom stereocenters. The van der Waals surface area contributed by atoms with Crippen LogP contribution in [0.3, 0.4) is 0 Å². The molecular weight excluding hydrogens is 220 g/mol. The normalized spacial score (nSPS) is 10.4. The number of aromatic nitrogens is 2. The Bertz CT molecular complexity index is 427. The SMILES string of the molecule is CSc1ccc(-c2nc(Cl)no2)cc1. The van der Waals surface area contributed by atoms with Crippen LogP contribution in [0.25, 0.3) is 11.5 Å². The van der Waals surface area contributed by atoms with Crippen molar-refractivity contribution in [3.8, 4) is 11.5 Å². The summed E-state index contributed by atoms with van der Waals surface area (Å²) in [5.41, 5.74) is 0.877. The molecule has 0 aliphatic rings. The number of halogens is 1. The Morgan fingerprint density at radius 1 is 1.29 bits per heavy atom. The van der Waals surface area contributed by atoms with Gasteiger partial charge in [-0.2, -0.15) is 4.98 Å². The van der Waals surface area contributed by atoms with Crippen LogP contribution in [-0.2, 0) is 0 Å². The topological polar surface area (TPSA) is 38.9 Å². The third kappa shape index (κ3) is 1.91. The monoisotopic (exact) mass is 226 g/mol. The molecule has 0 spiro atoms. The fraction of sp³-hybridized carbons (Fsp3) is 0.111. The van der Waals surface area contributed by atoms with Gasteiger partial charge in [0.1, 0.15) is 0 Å². The third-order valence-corrected chi connectivity index (χ3v) is 2.64. The molecule has 0 saturated heterocycles. The van der Waals surface area contributed by atoms with Crippen molar-refractivity contribution in [2.45, 2.75) is 4.90 Å². The molecule has 0 radical (unpaired) electrons. The van der Waals surface area contributed by atoms with E-state index >= 15 is 0 Å². The number of nitrogens with zero attached hydrogens (tertiary/aromatic N) is 2. The molecule has 0 aliphatic carbocycles. The molecule has 0 saturated carbocycles. The van der Waals surface area contributed by atoms with Gasteiger partial charge in [0.25, 0.3) is 11.2 Å². The standard InChI is InChI=1S/C9H7ClN2OS/c1-14-7-4-2-6(3-5-7)8-11-9(10)12-13-8/h2-5H,1H3. The molecule has 1 heterocycles. The predicted molar refractivity (Wildman–Crippen MR) is 56.5 cm³/mol. The zero-order chi connectivity index (χ0) is 9.97. The summed E-state index contributed by atoms with van der Waals surface area (Å²) >= 11 is 7.23. The summed E-state index contributed by atoms with van der Waals surface area (Å²) in [6.45, 7) is 0. The van der Waals surface area contributed by atoms with E-state index in [1.165, 1.54) is 4.90 Å². The van der Waals surface area contributed by atoms with Crippen LogP contribution in [0.15, 0.2) is 33.7 Å².